The van der Waals surface area contributed by atoms with Gasteiger partial charge in [0, 0.05) is 30.7 Å². The molecular formula is C23H25BrFN3O4. The zero-order valence-electron chi connectivity index (χ0n) is 18.0. The summed E-state index contributed by atoms with van der Waals surface area (Å²) in [5, 5.41) is 12.8. The summed E-state index contributed by atoms with van der Waals surface area (Å²) in [4.78, 5) is 20.1. The van der Waals surface area contributed by atoms with Gasteiger partial charge in [-0.05, 0) is 59.0 Å². The highest BCUT2D eigenvalue weighted by Gasteiger charge is 2.15. The van der Waals surface area contributed by atoms with Crippen molar-refractivity contribution in [2.75, 3.05) is 19.0 Å². The quantitative estimate of drug-likeness (QED) is 0.219. The molecule has 0 bridgehead atoms. The van der Waals surface area contributed by atoms with Crippen LogP contribution in [0.25, 0.3) is 10.9 Å². The van der Waals surface area contributed by atoms with E-state index in [1.165, 1.54) is 26.4 Å². The molecule has 3 rings (SSSR count). The lowest BCUT2D eigenvalue weighted by atomic mass is 10.0. The van der Waals surface area contributed by atoms with Crippen molar-refractivity contribution in [2.24, 2.45) is 0 Å². The average molecular weight is 506 g/mol. The Bertz CT molecular complexity index is 1110. The van der Waals surface area contributed by atoms with Gasteiger partial charge in [-0.15, -0.1) is 0 Å². The fourth-order valence-corrected chi connectivity index (χ4v) is 3.72. The maximum Gasteiger partial charge on any atom is 0.308 e. The molecule has 3 aromatic rings. The second-order valence-corrected chi connectivity index (χ2v) is 8.13. The molecule has 0 aliphatic heterocycles. The van der Waals surface area contributed by atoms with Crippen molar-refractivity contribution >= 4 is 44.3 Å². The number of methoxy groups -OCH3 is 1. The van der Waals surface area contributed by atoms with Crippen LogP contribution in [0.5, 0.6) is 11.5 Å². The first-order valence-electron chi connectivity index (χ1n) is 10.3. The minimum absolute atomic E-state index is 0.181. The Morgan fingerprint density at radius 1 is 1.12 bits per heavy atom. The minimum atomic E-state index is -0.472. The van der Waals surface area contributed by atoms with Gasteiger partial charge in [0.15, 0.2) is 11.5 Å². The molecule has 0 unspecified atom stereocenters. The number of nitrogens with zero attached hydrogens (tertiary/aromatic N) is 2. The first-order chi connectivity index (χ1) is 15.4. The summed E-state index contributed by atoms with van der Waals surface area (Å²) in [7, 11) is 1.48. The van der Waals surface area contributed by atoms with Gasteiger partial charge in [-0.1, -0.05) is 12.8 Å². The van der Waals surface area contributed by atoms with Crippen LogP contribution in [0, 0.1) is 5.82 Å². The third-order valence-electron chi connectivity index (χ3n) is 4.93. The number of carbonyl (C=O) groups is 1. The molecule has 170 valence electrons. The van der Waals surface area contributed by atoms with E-state index in [1.54, 1.807) is 18.2 Å². The number of halogens is 2. The number of esters is 1. The maximum atomic E-state index is 14.2. The smallest absolute Gasteiger partial charge is 0.308 e. The third kappa shape index (κ3) is 5.92. The summed E-state index contributed by atoms with van der Waals surface area (Å²) in [6.45, 7) is 1.49. The van der Waals surface area contributed by atoms with Crippen molar-refractivity contribution in [3.8, 4) is 11.5 Å². The Hall–Kier alpha value is -2.78. The standard InChI is InChI=1S/C23H25BrFN3O4/c1-14(30)32-22-10-16-20(12-21(22)31-2)26-13-27-23(16)28-19-11-17(24)18(25)9-15(19)7-5-3-4-6-8-29/h9-13,29H,3-8H2,1-2H3,(H,26,27,28). The fraction of sp³-hybridized carbons (Fsp3) is 0.348. The third-order valence-corrected chi connectivity index (χ3v) is 5.54. The zero-order valence-corrected chi connectivity index (χ0v) is 19.5. The van der Waals surface area contributed by atoms with Gasteiger partial charge in [0.1, 0.15) is 18.0 Å². The van der Waals surface area contributed by atoms with E-state index >= 15 is 0 Å². The van der Waals surface area contributed by atoms with E-state index in [1.807, 2.05) is 0 Å². The van der Waals surface area contributed by atoms with Crippen molar-refractivity contribution in [2.45, 2.75) is 39.0 Å². The molecule has 0 radical (unpaired) electrons. The van der Waals surface area contributed by atoms with Gasteiger partial charge in [-0.3, -0.25) is 4.79 Å². The van der Waals surface area contributed by atoms with Gasteiger partial charge in [0.05, 0.1) is 17.1 Å². The Balaban J connectivity index is 1.96. The van der Waals surface area contributed by atoms with Crippen LogP contribution in [0.3, 0.4) is 0 Å². The van der Waals surface area contributed by atoms with E-state index < -0.39 is 5.97 Å². The maximum absolute atomic E-state index is 14.2. The van der Waals surface area contributed by atoms with Crippen LogP contribution in [0.2, 0.25) is 0 Å². The Morgan fingerprint density at radius 2 is 1.91 bits per heavy atom. The van der Waals surface area contributed by atoms with E-state index in [0.717, 1.165) is 31.2 Å². The monoisotopic (exact) mass is 505 g/mol. The van der Waals surface area contributed by atoms with E-state index in [2.05, 4.69) is 31.2 Å². The predicted molar refractivity (Wildman–Crippen MR) is 124 cm³/mol. The molecule has 0 aliphatic carbocycles. The van der Waals surface area contributed by atoms with Crippen LogP contribution >= 0.6 is 15.9 Å². The molecule has 0 aliphatic rings. The highest BCUT2D eigenvalue weighted by atomic mass is 79.9. The summed E-state index contributed by atoms with van der Waals surface area (Å²) < 4.78 is 25.2. The second-order valence-electron chi connectivity index (χ2n) is 7.27. The first kappa shape index (κ1) is 23.9. The number of rotatable bonds is 10. The number of hydrogen-bond donors (Lipinski definition) is 2. The van der Waals surface area contributed by atoms with Gasteiger partial charge in [0.2, 0.25) is 0 Å². The molecule has 0 spiro atoms. The van der Waals surface area contributed by atoms with Crippen molar-refractivity contribution in [3.63, 3.8) is 0 Å². The van der Waals surface area contributed by atoms with E-state index in [4.69, 9.17) is 14.6 Å². The lowest BCUT2D eigenvalue weighted by Gasteiger charge is -2.15. The van der Waals surface area contributed by atoms with Crippen LogP contribution in [-0.4, -0.2) is 34.8 Å². The fourth-order valence-electron chi connectivity index (χ4n) is 3.38. The highest BCUT2D eigenvalue weighted by Crippen LogP contribution is 2.36. The second kappa shape index (κ2) is 11.2. The van der Waals surface area contributed by atoms with Crippen LogP contribution < -0.4 is 14.8 Å². The zero-order chi connectivity index (χ0) is 23.1. The number of aliphatic hydroxyl groups excluding tert-OH is 1. The molecule has 0 fully saturated rings. The largest absolute Gasteiger partial charge is 0.493 e. The summed E-state index contributed by atoms with van der Waals surface area (Å²) >= 11 is 3.25. The first-order valence-corrected chi connectivity index (χ1v) is 11.1. The summed E-state index contributed by atoms with van der Waals surface area (Å²) in [5.74, 6) is 0.321. The molecule has 0 amide bonds. The number of unbranched alkanes of at least 4 members (excludes halogenated alkanes) is 3. The molecule has 2 N–H and O–H groups in total. The summed E-state index contributed by atoms with van der Waals surface area (Å²) in [6, 6.07) is 6.51. The van der Waals surface area contributed by atoms with E-state index in [0.29, 0.717) is 39.1 Å². The van der Waals surface area contributed by atoms with Gasteiger partial charge in [-0.25, -0.2) is 14.4 Å². The number of ether oxygens (including phenoxy) is 2. The average Bonchev–Trinajstić information content (AvgIpc) is 2.76. The van der Waals surface area contributed by atoms with Gasteiger partial charge >= 0.3 is 5.97 Å². The van der Waals surface area contributed by atoms with Crippen LogP contribution in [0.1, 0.15) is 38.2 Å². The molecule has 32 heavy (non-hydrogen) atoms. The lowest BCUT2D eigenvalue weighted by molar-refractivity contribution is -0.132. The molecule has 1 heterocycles. The number of aryl methyl sites for hydroxylation is 1. The van der Waals surface area contributed by atoms with Crippen LogP contribution in [-0.2, 0) is 11.2 Å². The van der Waals surface area contributed by atoms with Gasteiger partial charge in [-0.2, -0.15) is 0 Å². The normalized spacial score (nSPS) is 10.9. The Morgan fingerprint density at radius 3 is 2.62 bits per heavy atom. The van der Waals surface area contributed by atoms with Gasteiger partial charge < -0.3 is 19.9 Å². The number of aromatic nitrogens is 2. The van der Waals surface area contributed by atoms with Gasteiger partial charge in [0.25, 0.3) is 0 Å². The Labute approximate surface area is 194 Å². The molecule has 2 aromatic carbocycles. The molecule has 0 atom stereocenters. The van der Waals surface area contributed by atoms with Crippen molar-refractivity contribution in [1.29, 1.82) is 0 Å². The number of carbonyl (C=O) groups excluding carboxylic acids is 1. The van der Waals surface area contributed by atoms with Crippen molar-refractivity contribution < 1.29 is 23.8 Å². The molecular weight excluding hydrogens is 481 g/mol. The van der Waals surface area contributed by atoms with Crippen LogP contribution in [0.15, 0.2) is 35.1 Å². The van der Waals surface area contributed by atoms with E-state index in [9.17, 15) is 9.18 Å². The molecule has 7 nitrogen and oxygen atoms in total. The van der Waals surface area contributed by atoms with E-state index in [-0.39, 0.29) is 18.2 Å². The van der Waals surface area contributed by atoms with Crippen LogP contribution in [0.4, 0.5) is 15.9 Å². The predicted octanol–water partition coefficient (Wildman–Crippen LogP) is 5.30. The number of hydrogen-bond acceptors (Lipinski definition) is 7. The number of aliphatic hydroxyl groups is 1. The number of benzene rings is 2. The number of anilines is 2. The number of nitrogens with one attached hydrogen (secondary N) is 1. The summed E-state index contributed by atoms with van der Waals surface area (Å²) in [6.07, 6.45) is 5.60. The molecule has 0 saturated carbocycles. The Kier molecular flexibility index (Phi) is 8.35. The SMILES string of the molecule is COc1cc2ncnc(Nc3cc(Br)c(F)cc3CCCCCCO)c2cc1OC(C)=O. The number of fused-ring (bicyclic) bond motifs is 1. The lowest BCUT2D eigenvalue weighted by Crippen LogP contribution is -2.04. The molecule has 9 heteroatoms. The highest BCUT2D eigenvalue weighted by molar-refractivity contribution is 9.10. The molecule has 0 saturated heterocycles. The summed E-state index contributed by atoms with van der Waals surface area (Å²) in [5.41, 5.74) is 2.13. The topological polar surface area (TPSA) is 93.6 Å². The molecule has 1 aromatic heterocycles. The minimum Gasteiger partial charge on any atom is -0.493 e. The van der Waals surface area contributed by atoms with Crippen molar-refractivity contribution in [3.05, 3.63) is 46.4 Å². The van der Waals surface area contributed by atoms with Crippen molar-refractivity contribution in [1.82, 2.24) is 9.97 Å².